The molecule has 15 nitrogen and oxygen atoms in total. The third-order valence-corrected chi connectivity index (χ3v) is 15.1. The number of amides is 3. The Labute approximate surface area is 468 Å². The average Bonchev–Trinajstić information content (AvgIpc) is 4.28. The molecular formula is C61H65FN6O9S2. The first-order chi connectivity index (χ1) is 37.9. The van der Waals surface area contributed by atoms with Crippen molar-refractivity contribution < 1.29 is 50.0 Å². The summed E-state index contributed by atoms with van der Waals surface area (Å²) >= 11 is 2.96. The molecule has 0 aliphatic carbocycles. The summed E-state index contributed by atoms with van der Waals surface area (Å²) in [5.41, 5.74) is 5.86. The molecule has 3 amide bonds. The van der Waals surface area contributed by atoms with Crippen LogP contribution in [-0.4, -0.2) is 76.7 Å². The average molecular weight is 1110 g/mol. The first-order valence-electron chi connectivity index (χ1n) is 26.1. The molecule has 0 fully saturated rings. The van der Waals surface area contributed by atoms with Gasteiger partial charge in [-0.2, -0.15) is 0 Å². The van der Waals surface area contributed by atoms with E-state index >= 15 is 0 Å². The van der Waals surface area contributed by atoms with Gasteiger partial charge in [-0.25, -0.2) is 19.4 Å². The van der Waals surface area contributed by atoms with Crippen molar-refractivity contribution in [3.8, 4) is 34.5 Å². The molecule has 0 atom stereocenters. The second kappa shape index (κ2) is 22.7. The zero-order valence-electron chi connectivity index (χ0n) is 45.1. The lowest BCUT2D eigenvalue weighted by Gasteiger charge is -2.20. The Morgan fingerprint density at radius 3 is 1.61 bits per heavy atom. The van der Waals surface area contributed by atoms with Crippen LogP contribution in [0.1, 0.15) is 80.0 Å². The number of carbonyl (C=O) groups is 3. The summed E-state index contributed by atoms with van der Waals surface area (Å²) in [6, 6.07) is 37.5. The zero-order valence-corrected chi connectivity index (χ0v) is 46.7. The Morgan fingerprint density at radius 2 is 1.09 bits per heavy atom. The van der Waals surface area contributed by atoms with E-state index in [9.17, 15) is 18.8 Å². The van der Waals surface area contributed by atoms with E-state index in [1.165, 1.54) is 34.8 Å². The molecule has 4 aliphatic rings. The van der Waals surface area contributed by atoms with Crippen molar-refractivity contribution in [2.45, 2.75) is 97.4 Å². The third-order valence-electron chi connectivity index (χ3n) is 13.1. The number of hydrogen-bond acceptors (Lipinski definition) is 14. The first kappa shape index (κ1) is 54.3. The van der Waals surface area contributed by atoms with Gasteiger partial charge in [-0.05, 0) is 121 Å². The molecule has 6 heterocycles. The second-order valence-corrected chi connectivity index (χ2v) is 23.3. The van der Waals surface area contributed by atoms with Crippen molar-refractivity contribution >= 4 is 82.6 Å². The van der Waals surface area contributed by atoms with E-state index in [0.717, 1.165) is 73.4 Å². The molecule has 2 aromatic heterocycles. The van der Waals surface area contributed by atoms with Gasteiger partial charge < -0.3 is 33.7 Å². The molecule has 8 aromatic rings. The number of aliphatic imine (C=N–C) groups is 1. The van der Waals surface area contributed by atoms with Gasteiger partial charge in [-0.15, -0.1) is 0 Å². The van der Waals surface area contributed by atoms with Gasteiger partial charge >= 0.3 is 0 Å². The Balaban J connectivity index is 0.000000158. The number of aromatic nitrogens is 2. The molecule has 4 aliphatic heterocycles. The van der Waals surface area contributed by atoms with Gasteiger partial charge in [0.15, 0.2) is 64.6 Å². The summed E-state index contributed by atoms with van der Waals surface area (Å²) in [6.07, 6.45) is 3.67. The highest BCUT2D eigenvalue weighted by Crippen LogP contribution is 2.44. The number of nitrogens with zero attached hydrogens (tertiary/aromatic N) is 4. The molecule has 412 valence electrons. The van der Waals surface area contributed by atoms with Crippen LogP contribution >= 0.6 is 22.7 Å². The molecule has 12 rings (SSSR count). The molecule has 0 saturated heterocycles. The summed E-state index contributed by atoms with van der Waals surface area (Å²) in [6.45, 7) is 14.4. The number of fused-ring (bicyclic) bond motifs is 6. The van der Waals surface area contributed by atoms with Gasteiger partial charge in [0.25, 0.3) is 17.7 Å². The van der Waals surface area contributed by atoms with Gasteiger partial charge in [0, 0.05) is 51.8 Å². The number of nitrogens with one attached hydrogen (secondary N) is 2. The lowest BCUT2D eigenvalue weighted by atomic mass is 10.0. The molecule has 0 unspecified atom stereocenters. The monoisotopic (exact) mass is 1110 g/mol. The Kier molecular flexibility index (Phi) is 15.6. The normalized spacial score (nSPS) is 15.4. The Bertz CT molecular complexity index is 3580. The summed E-state index contributed by atoms with van der Waals surface area (Å²) in [5.74, 6) is 3.63. The third kappa shape index (κ3) is 13.1. The van der Waals surface area contributed by atoms with Crippen LogP contribution < -0.4 is 44.0 Å². The van der Waals surface area contributed by atoms with E-state index in [-0.39, 0.29) is 63.0 Å². The fourth-order valence-corrected chi connectivity index (χ4v) is 11.6. The highest BCUT2D eigenvalue weighted by Gasteiger charge is 2.35. The number of thiazole rings is 2. The molecule has 6 aromatic carbocycles. The fourth-order valence-electron chi connectivity index (χ4n) is 9.69. The lowest BCUT2D eigenvalue weighted by Crippen LogP contribution is -2.35. The Hall–Kier alpha value is -8.09. The Morgan fingerprint density at radius 1 is 0.595 bits per heavy atom. The number of likely N-dealkylation sites (N-methyl/N-ethyl adjacent to an activating group) is 1. The van der Waals surface area contributed by atoms with E-state index in [2.05, 4.69) is 25.6 Å². The van der Waals surface area contributed by atoms with Crippen molar-refractivity contribution in [3.63, 3.8) is 0 Å². The minimum atomic E-state index is -0.283. The van der Waals surface area contributed by atoms with Gasteiger partial charge in [0.1, 0.15) is 28.5 Å². The number of para-hydroxylation sites is 5. The van der Waals surface area contributed by atoms with Crippen molar-refractivity contribution in [1.29, 1.82) is 0 Å². The van der Waals surface area contributed by atoms with Crippen LogP contribution in [0.2, 0.25) is 0 Å². The predicted octanol–water partition coefficient (Wildman–Crippen LogP) is 12.7. The highest BCUT2D eigenvalue weighted by atomic mass is 32.1. The van der Waals surface area contributed by atoms with Crippen LogP contribution in [0, 0.1) is 5.82 Å². The van der Waals surface area contributed by atoms with Crippen LogP contribution in [-0.2, 0) is 40.1 Å². The standard InChI is InChI=1S/C21H21FN2O3.C21H22N2O3S.C19H18N2O3S.2H2/c1-21(2)11-14-4-3-5-17(20(14)27-21)26-12-19(25)24-18-9-6-13-10-15(22)7-8-16(13)23-18;1-4-23(20-22-15-9-5-6-11-17(15)27-20)18(24)13-25-16-10-7-8-14-12-21(2,3)26-19(14)16;1-19(2)10-12-6-5-8-14(17(12)24-19)23-11-16(22)21-18-20-13-7-3-4-9-15(13)25-18;;/h3-5,7-8,10H,6,9,11-12H2,1-2H3,(H,23,24,25);5-11H,4,12-13H2,1-3H3;3-9H,10-11H2,1-2H3,(H,20,21,22);2*1H. The van der Waals surface area contributed by atoms with Crippen molar-refractivity contribution in [2.75, 3.05) is 36.6 Å². The van der Waals surface area contributed by atoms with Gasteiger partial charge in [-0.1, -0.05) is 83.3 Å². The molecule has 18 heteroatoms. The largest absolute Gasteiger partial charge is 0.483 e. The van der Waals surface area contributed by atoms with E-state index < -0.39 is 0 Å². The number of halogens is 1. The van der Waals surface area contributed by atoms with Crippen LogP contribution in [0.15, 0.2) is 126 Å². The molecule has 0 spiro atoms. The maximum Gasteiger partial charge on any atom is 0.266 e. The minimum Gasteiger partial charge on any atom is -0.483 e. The fraction of sp³-hybridized carbons (Fsp3) is 0.311. The number of hydrogen-bond donors (Lipinski definition) is 2. The van der Waals surface area contributed by atoms with Gasteiger partial charge in [0.2, 0.25) is 0 Å². The van der Waals surface area contributed by atoms with Gasteiger partial charge in [0.05, 0.1) is 26.1 Å². The zero-order chi connectivity index (χ0) is 55.5. The second-order valence-electron chi connectivity index (χ2n) is 21.2. The van der Waals surface area contributed by atoms with Crippen molar-refractivity contribution in [3.05, 3.63) is 149 Å². The summed E-state index contributed by atoms with van der Waals surface area (Å²) < 4.78 is 50.5. The maximum atomic E-state index is 13.3. The number of aryl methyl sites for hydroxylation is 1. The summed E-state index contributed by atoms with van der Waals surface area (Å²) in [7, 11) is 0. The summed E-state index contributed by atoms with van der Waals surface area (Å²) in [4.78, 5) is 52.3. The van der Waals surface area contributed by atoms with E-state index in [1.54, 1.807) is 17.0 Å². The lowest BCUT2D eigenvalue weighted by molar-refractivity contribution is -0.122. The molecule has 2 N–H and O–H groups in total. The predicted molar refractivity (Wildman–Crippen MR) is 311 cm³/mol. The van der Waals surface area contributed by atoms with Gasteiger partial charge in [-0.3, -0.25) is 24.6 Å². The molecule has 0 radical (unpaired) electrons. The number of rotatable bonds is 12. The molecular weight excluding hydrogens is 1040 g/mol. The molecule has 79 heavy (non-hydrogen) atoms. The minimum absolute atomic E-state index is 0. The highest BCUT2D eigenvalue weighted by molar-refractivity contribution is 7.22. The van der Waals surface area contributed by atoms with Crippen LogP contribution in [0.4, 0.5) is 20.3 Å². The van der Waals surface area contributed by atoms with Crippen molar-refractivity contribution in [2.24, 2.45) is 4.99 Å². The van der Waals surface area contributed by atoms with Crippen molar-refractivity contribution in [1.82, 2.24) is 15.3 Å². The van der Waals surface area contributed by atoms with E-state index in [4.69, 9.17) is 28.4 Å². The first-order valence-corrected chi connectivity index (χ1v) is 27.8. The topological polar surface area (TPSA) is 172 Å². The molecule has 0 saturated carbocycles. The SMILES string of the molecule is CC1(C)Cc2cccc(OCC(=O)NC3=Nc4ccc(F)cc4CC3)c2O1.CC1(C)Cc2cccc(OCC(=O)Nc3nc4ccccc4s3)c2O1.CCN(C(=O)COc1cccc2c1OC(C)(C)C2)c1nc2ccccc2s1.[HH].[HH]. The van der Waals surface area contributed by atoms with Crippen LogP contribution in [0.3, 0.4) is 0 Å². The van der Waals surface area contributed by atoms with Crippen LogP contribution in [0.25, 0.3) is 20.4 Å². The number of carbonyl (C=O) groups excluding carboxylic acids is 3. The smallest absolute Gasteiger partial charge is 0.266 e. The van der Waals surface area contributed by atoms with Crippen LogP contribution in [0.5, 0.6) is 34.5 Å². The number of benzene rings is 6. The quantitative estimate of drug-likeness (QED) is 0.119. The van der Waals surface area contributed by atoms with E-state index in [1.807, 2.05) is 146 Å². The number of anilines is 2. The maximum absolute atomic E-state index is 13.3. The number of ether oxygens (including phenoxy) is 6. The number of amidine groups is 1. The molecule has 0 bridgehead atoms. The summed E-state index contributed by atoms with van der Waals surface area (Å²) in [5, 5.41) is 6.84. The van der Waals surface area contributed by atoms with E-state index in [0.29, 0.717) is 64.2 Å².